The summed E-state index contributed by atoms with van der Waals surface area (Å²) >= 11 is 12.3. The number of anilines is 1. The summed E-state index contributed by atoms with van der Waals surface area (Å²) < 4.78 is 0. The minimum Gasteiger partial charge on any atom is -0.481 e. The zero-order chi connectivity index (χ0) is 17.8. The van der Waals surface area contributed by atoms with Crippen LogP contribution in [0, 0.1) is 0 Å². The Bertz CT molecular complexity index is 810. The van der Waals surface area contributed by atoms with Gasteiger partial charge < -0.3 is 15.3 Å². The summed E-state index contributed by atoms with van der Waals surface area (Å²) in [5.41, 5.74) is 1.12. The molecular weight excluding hydrogens is 401 g/mol. The topological polar surface area (TPSA) is 74.2 Å². The first-order chi connectivity index (χ1) is 12.0. The van der Waals surface area contributed by atoms with E-state index in [1.54, 1.807) is 47.5 Å². The standard InChI is InChI=1S/C17H15Cl2N3O3.ClH/c18-12-5-3-6-13(19)16(12)21-17-20-8-9-22(17)25-14-7-2-1-4-11(14)10-15(23)24;/h1-7H,8-10H2,(H,20,21)(H,23,24);1H. The molecule has 26 heavy (non-hydrogen) atoms. The van der Waals surface area contributed by atoms with Crippen LogP contribution in [-0.4, -0.2) is 35.2 Å². The molecule has 0 atom stereocenters. The van der Waals surface area contributed by atoms with Crippen LogP contribution in [0.2, 0.25) is 10.0 Å². The number of nitrogens with zero attached hydrogens (tertiary/aromatic N) is 2. The molecule has 9 heteroatoms. The van der Waals surface area contributed by atoms with Crippen LogP contribution in [0.25, 0.3) is 0 Å². The molecule has 0 aromatic heterocycles. The number of rotatable bonds is 5. The molecule has 1 aliphatic rings. The number of nitrogens with one attached hydrogen (secondary N) is 1. The Hall–Kier alpha value is -2.15. The third kappa shape index (κ3) is 4.72. The van der Waals surface area contributed by atoms with Gasteiger partial charge in [-0.15, -0.1) is 12.4 Å². The number of hydrogen-bond acceptors (Lipinski definition) is 5. The molecule has 0 saturated heterocycles. The van der Waals surface area contributed by atoms with Crippen molar-refractivity contribution in [2.24, 2.45) is 4.99 Å². The van der Waals surface area contributed by atoms with Gasteiger partial charge in [0.1, 0.15) is 0 Å². The average molecular weight is 417 g/mol. The van der Waals surface area contributed by atoms with Crippen LogP contribution in [0.15, 0.2) is 47.5 Å². The van der Waals surface area contributed by atoms with Crippen LogP contribution >= 0.6 is 35.6 Å². The Morgan fingerprint density at radius 3 is 2.58 bits per heavy atom. The van der Waals surface area contributed by atoms with Gasteiger partial charge in [0, 0.05) is 5.56 Å². The number of carbonyl (C=O) groups is 1. The van der Waals surface area contributed by atoms with Crippen molar-refractivity contribution in [2.45, 2.75) is 6.42 Å². The van der Waals surface area contributed by atoms with Crippen molar-refractivity contribution in [3.8, 4) is 5.75 Å². The molecule has 0 saturated carbocycles. The SMILES string of the molecule is Cl.O=C(O)Cc1ccccc1ON1CCN=C1Nc1c(Cl)cccc1Cl. The van der Waals surface area contributed by atoms with Gasteiger partial charge in [-0.2, -0.15) is 5.06 Å². The molecule has 1 heterocycles. The van der Waals surface area contributed by atoms with Gasteiger partial charge in [-0.05, 0) is 18.2 Å². The van der Waals surface area contributed by atoms with E-state index >= 15 is 0 Å². The monoisotopic (exact) mass is 415 g/mol. The number of guanidine groups is 1. The molecule has 2 N–H and O–H groups in total. The maximum absolute atomic E-state index is 11.0. The summed E-state index contributed by atoms with van der Waals surface area (Å²) in [5.74, 6) is -0.000907. The summed E-state index contributed by atoms with van der Waals surface area (Å²) in [6.45, 7) is 1.05. The van der Waals surface area contributed by atoms with E-state index in [1.165, 1.54) is 0 Å². The first kappa shape index (κ1) is 20.2. The molecule has 0 aliphatic carbocycles. The van der Waals surface area contributed by atoms with E-state index in [0.717, 1.165) is 0 Å². The van der Waals surface area contributed by atoms with Gasteiger partial charge in [-0.3, -0.25) is 4.79 Å². The number of para-hydroxylation sites is 2. The number of aliphatic imine (C=N–C) groups is 1. The predicted molar refractivity (Wildman–Crippen MR) is 105 cm³/mol. The average Bonchev–Trinajstić information content (AvgIpc) is 2.99. The Labute approximate surface area is 166 Å². The summed E-state index contributed by atoms with van der Waals surface area (Å²) in [6, 6.07) is 12.2. The second-order valence-corrected chi connectivity index (χ2v) is 6.11. The Morgan fingerprint density at radius 1 is 1.19 bits per heavy atom. The van der Waals surface area contributed by atoms with E-state index in [1.807, 2.05) is 0 Å². The van der Waals surface area contributed by atoms with E-state index in [9.17, 15) is 4.79 Å². The van der Waals surface area contributed by atoms with Crippen LogP contribution in [-0.2, 0) is 11.2 Å². The molecule has 2 aromatic rings. The van der Waals surface area contributed by atoms with Crippen LogP contribution in [0.3, 0.4) is 0 Å². The van der Waals surface area contributed by atoms with Crippen LogP contribution in [0.1, 0.15) is 5.56 Å². The number of halogens is 3. The van der Waals surface area contributed by atoms with E-state index in [-0.39, 0.29) is 18.8 Å². The number of carboxylic acids is 1. The summed E-state index contributed by atoms with van der Waals surface area (Å²) in [6.07, 6.45) is -0.125. The molecule has 0 bridgehead atoms. The zero-order valence-corrected chi connectivity index (χ0v) is 15.8. The first-order valence-electron chi connectivity index (χ1n) is 7.55. The minimum atomic E-state index is -0.924. The summed E-state index contributed by atoms with van der Waals surface area (Å²) in [4.78, 5) is 21.2. The second-order valence-electron chi connectivity index (χ2n) is 5.30. The fourth-order valence-electron chi connectivity index (χ4n) is 2.37. The van der Waals surface area contributed by atoms with Crippen LogP contribution in [0.5, 0.6) is 5.75 Å². The molecule has 0 spiro atoms. The van der Waals surface area contributed by atoms with Gasteiger partial charge in [0.05, 0.1) is 35.2 Å². The third-order valence-corrected chi connectivity index (χ3v) is 4.15. The smallest absolute Gasteiger partial charge is 0.307 e. The van der Waals surface area contributed by atoms with Gasteiger partial charge in [-0.25, -0.2) is 4.99 Å². The highest BCUT2D eigenvalue weighted by Crippen LogP contribution is 2.30. The fourth-order valence-corrected chi connectivity index (χ4v) is 2.86. The Balaban J connectivity index is 0.00000243. The predicted octanol–water partition coefficient (Wildman–Crippen LogP) is 4.12. The fraction of sp³-hybridized carbons (Fsp3) is 0.176. The van der Waals surface area contributed by atoms with Gasteiger partial charge in [0.2, 0.25) is 5.96 Å². The lowest BCUT2D eigenvalue weighted by atomic mass is 10.1. The van der Waals surface area contributed by atoms with E-state index in [4.69, 9.17) is 33.1 Å². The quantitative estimate of drug-likeness (QED) is 0.767. The molecule has 0 fully saturated rings. The van der Waals surface area contributed by atoms with E-state index in [2.05, 4.69) is 10.3 Å². The number of hydrogen-bond donors (Lipinski definition) is 2. The van der Waals surface area contributed by atoms with Crippen LogP contribution < -0.4 is 10.2 Å². The highest BCUT2D eigenvalue weighted by molar-refractivity contribution is 6.39. The molecule has 2 aromatic carbocycles. The normalized spacial score (nSPS) is 13.0. The molecule has 138 valence electrons. The number of carboxylic acid groups (broad SMARTS) is 1. The lowest BCUT2D eigenvalue weighted by molar-refractivity contribution is -0.136. The van der Waals surface area contributed by atoms with Crippen molar-refractivity contribution in [3.63, 3.8) is 0 Å². The number of benzene rings is 2. The van der Waals surface area contributed by atoms with E-state index < -0.39 is 5.97 Å². The molecule has 0 amide bonds. The molecule has 6 nitrogen and oxygen atoms in total. The van der Waals surface area contributed by atoms with Gasteiger partial charge in [0.25, 0.3) is 0 Å². The van der Waals surface area contributed by atoms with E-state index in [0.29, 0.717) is 46.1 Å². The maximum atomic E-state index is 11.0. The lowest BCUT2D eigenvalue weighted by Crippen LogP contribution is -2.36. The highest BCUT2D eigenvalue weighted by Gasteiger charge is 2.22. The van der Waals surface area contributed by atoms with Gasteiger partial charge >= 0.3 is 5.97 Å². The van der Waals surface area contributed by atoms with Crippen molar-refractivity contribution in [1.82, 2.24) is 5.06 Å². The molecule has 0 radical (unpaired) electrons. The highest BCUT2D eigenvalue weighted by atomic mass is 35.5. The van der Waals surface area contributed by atoms with Crippen molar-refractivity contribution in [2.75, 3.05) is 18.4 Å². The Kier molecular flexibility index (Phi) is 6.97. The van der Waals surface area contributed by atoms with Gasteiger partial charge in [-0.1, -0.05) is 47.5 Å². The van der Waals surface area contributed by atoms with Crippen molar-refractivity contribution >= 4 is 53.2 Å². The number of hydroxylamine groups is 2. The second kappa shape index (κ2) is 8.98. The molecule has 0 unspecified atom stereocenters. The largest absolute Gasteiger partial charge is 0.481 e. The van der Waals surface area contributed by atoms with Crippen LogP contribution in [0.4, 0.5) is 5.69 Å². The molecule has 1 aliphatic heterocycles. The molecule has 3 rings (SSSR count). The van der Waals surface area contributed by atoms with Crippen molar-refractivity contribution in [1.29, 1.82) is 0 Å². The minimum absolute atomic E-state index is 0. The lowest BCUT2D eigenvalue weighted by Gasteiger charge is -2.23. The van der Waals surface area contributed by atoms with Crippen molar-refractivity contribution in [3.05, 3.63) is 58.1 Å². The van der Waals surface area contributed by atoms with Gasteiger partial charge in [0.15, 0.2) is 5.75 Å². The summed E-state index contributed by atoms with van der Waals surface area (Å²) in [7, 11) is 0. The zero-order valence-electron chi connectivity index (χ0n) is 13.5. The maximum Gasteiger partial charge on any atom is 0.307 e. The van der Waals surface area contributed by atoms with Crippen molar-refractivity contribution < 1.29 is 14.7 Å². The third-order valence-electron chi connectivity index (χ3n) is 3.52. The number of aliphatic carboxylic acids is 1. The molecular formula is C17H16Cl3N3O3. The first-order valence-corrected chi connectivity index (χ1v) is 8.31. The Morgan fingerprint density at radius 2 is 1.88 bits per heavy atom. The summed E-state index contributed by atoms with van der Waals surface area (Å²) in [5, 5.41) is 14.6.